The number of rotatable bonds is 5. The molecule has 2 aromatic carbocycles. The van der Waals surface area contributed by atoms with E-state index in [-0.39, 0.29) is 18.2 Å². The monoisotopic (exact) mass is 389 g/mol. The summed E-state index contributed by atoms with van der Waals surface area (Å²) in [6.07, 6.45) is 1.94. The van der Waals surface area contributed by atoms with Crippen molar-refractivity contribution in [3.8, 4) is 0 Å². The van der Waals surface area contributed by atoms with Crippen molar-refractivity contribution in [1.29, 1.82) is 0 Å². The van der Waals surface area contributed by atoms with Crippen LogP contribution in [-0.4, -0.2) is 23.3 Å². The van der Waals surface area contributed by atoms with Crippen molar-refractivity contribution in [3.05, 3.63) is 84.1 Å². The van der Waals surface area contributed by atoms with E-state index >= 15 is 0 Å². The van der Waals surface area contributed by atoms with Crippen LogP contribution in [0.5, 0.6) is 0 Å². The molecule has 1 aliphatic rings. The van der Waals surface area contributed by atoms with Crippen molar-refractivity contribution in [2.45, 2.75) is 22.9 Å². The molecule has 28 heavy (non-hydrogen) atoms. The van der Waals surface area contributed by atoms with Crippen LogP contribution < -0.4 is 10.2 Å². The molecule has 0 spiro atoms. The minimum atomic E-state index is -0.106. The maximum atomic E-state index is 13.1. The van der Waals surface area contributed by atoms with Crippen LogP contribution >= 0.6 is 11.8 Å². The number of fused-ring (bicyclic) bond motifs is 2. The number of carbonyl (C=O) groups is 2. The Morgan fingerprint density at radius 2 is 1.79 bits per heavy atom. The maximum Gasteiger partial charge on any atom is 0.259 e. The first kappa shape index (κ1) is 18.3. The molecular weight excluding hydrogens is 370 g/mol. The average molecular weight is 389 g/mol. The minimum Gasteiger partial charge on any atom is -0.352 e. The lowest BCUT2D eigenvalue weighted by Gasteiger charge is -2.22. The second-order valence-corrected chi connectivity index (χ2v) is 7.43. The van der Waals surface area contributed by atoms with E-state index in [0.717, 1.165) is 21.2 Å². The number of nitrogens with zero attached hydrogens (tertiary/aromatic N) is 2. The summed E-state index contributed by atoms with van der Waals surface area (Å²) in [7, 11) is 0. The molecule has 0 unspecified atom stereocenters. The second kappa shape index (κ2) is 8.27. The summed E-state index contributed by atoms with van der Waals surface area (Å²) in [6, 6.07) is 20.9. The van der Waals surface area contributed by atoms with E-state index in [1.54, 1.807) is 11.1 Å². The molecule has 0 atom stereocenters. The Morgan fingerprint density at radius 1 is 1.00 bits per heavy atom. The van der Waals surface area contributed by atoms with Crippen molar-refractivity contribution >= 4 is 29.3 Å². The Morgan fingerprint density at radius 3 is 2.64 bits per heavy atom. The number of amides is 2. The molecule has 5 nitrogen and oxygen atoms in total. The highest BCUT2D eigenvalue weighted by atomic mass is 32.2. The molecular formula is C22H19N3O2S. The van der Waals surface area contributed by atoms with Gasteiger partial charge in [-0.3, -0.25) is 9.59 Å². The highest BCUT2D eigenvalue weighted by molar-refractivity contribution is 7.99. The van der Waals surface area contributed by atoms with Crippen molar-refractivity contribution in [2.75, 3.05) is 11.4 Å². The van der Waals surface area contributed by atoms with Crippen LogP contribution in [0.1, 0.15) is 22.3 Å². The third kappa shape index (κ3) is 3.92. The van der Waals surface area contributed by atoms with Gasteiger partial charge in [-0.1, -0.05) is 54.2 Å². The first-order chi connectivity index (χ1) is 13.7. The number of benzene rings is 2. The van der Waals surface area contributed by atoms with Crippen molar-refractivity contribution in [3.63, 3.8) is 0 Å². The molecule has 3 aromatic rings. The van der Waals surface area contributed by atoms with E-state index in [0.29, 0.717) is 18.7 Å². The van der Waals surface area contributed by atoms with Gasteiger partial charge < -0.3 is 10.2 Å². The van der Waals surface area contributed by atoms with Gasteiger partial charge in [-0.05, 0) is 29.8 Å². The number of nitrogens with one attached hydrogen (secondary N) is 1. The Balaban J connectivity index is 1.50. The lowest BCUT2D eigenvalue weighted by atomic mass is 10.1. The highest BCUT2D eigenvalue weighted by Gasteiger charge is 2.27. The molecule has 6 heteroatoms. The molecule has 2 amide bonds. The largest absolute Gasteiger partial charge is 0.352 e. The number of aromatic nitrogens is 1. The molecule has 1 aliphatic heterocycles. The zero-order valence-corrected chi connectivity index (χ0v) is 16.0. The standard InChI is InChI=1S/C22H19N3O2S/c26-20(24-15-16-7-2-1-3-8-16)12-14-25-18-10-6-13-23-21(18)28-19-11-5-4-9-17(19)22(25)27/h1-11,13H,12,14-15H2,(H,24,26). The van der Waals surface area contributed by atoms with Crippen LogP contribution in [0.4, 0.5) is 5.69 Å². The molecule has 1 N–H and O–H groups in total. The molecule has 0 saturated heterocycles. The minimum absolute atomic E-state index is 0.0905. The Hall–Kier alpha value is -3.12. The normalized spacial score (nSPS) is 12.7. The number of hydrogen-bond donors (Lipinski definition) is 1. The molecule has 140 valence electrons. The van der Waals surface area contributed by atoms with Crippen LogP contribution in [-0.2, 0) is 11.3 Å². The third-order valence-corrected chi connectivity index (χ3v) is 5.59. The predicted octanol–water partition coefficient (Wildman–Crippen LogP) is 3.90. The maximum absolute atomic E-state index is 13.1. The van der Waals surface area contributed by atoms with Gasteiger partial charge in [0, 0.05) is 30.6 Å². The van der Waals surface area contributed by atoms with Gasteiger partial charge in [-0.2, -0.15) is 0 Å². The molecule has 0 fully saturated rings. The van der Waals surface area contributed by atoms with Gasteiger partial charge in [-0.25, -0.2) is 4.98 Å². The fourth-order valence-corrected chi connectivity index (χ4v) is 4.09. The summed E-state index contributed by atoms with van der Waals surface area (Å²) in [5.74, 6) is -0.196. The first-order valence-electron chi connectivity index (χ1n) is 9.07. The SMILES string of the molecule is O=C(CCN1C(=O)c2ccccc2Sc2ncccc21)NCc1ccccc1. The second-order valence-electron chi connectivity index (χ2n) is 6.40. The predicted molar refractivity (Wildman–Crippen MR) is 109 cm³/mol. The summed E-state index contributed by atoms with van der Waals surface area (Å²) in [5.41, 5.74) is 2.42. The van der Waals surface area contributed by atoms with Crippen molar-refractivity contribution in [2.24, 2.45) is 0 Å². The van der Waals surface area contributed by atoms with E-state index in [1.165, 1.54) is 11.8 Å². The fraction of sp³-hybridized carbons (Fsp3) is 0.136. The summed E-state index contributed by atoms with van der Waals surface area (Å²) >= 11 is 1.48. The highest BCUT2D eigenvalue weighted by Crippen LogP contribution is 2.39. The Labute approximate surface area is 167 Å². The number of carbonyl (C=O) groups excluding carboxylic acids is 2. The smallest absolute Gasteiger partial charge is 0.259 e. The lowest BCUT2D eigenvalue weighted by molar-refractivity contribution is -0.121. The zero-order chi connectivity index (χ0) is 19.3. The molecule has 1 aromatic heterocycles. The zero-order valence-electron chi connectivity index (χ0n) is 15.2. The van der Waals surface area contributed by atoms with Crippen LogP contribution in [0.2, 0.25) is 0 Å². The fourth-order valence-electron chi connectivity index (χ4n) is 3.08. The van der Waals surface area contributed by atoms with E-state index in [2.05, 4.69) is 10.3 Å². The lowest BCUT2D eigenvalue weighted by Crippen LogP contribution is -2.35. The Kier molecular flexibility index (Phi) is 5.39. The average Bonchev–Trinajstić information content (AvgIpc) is 2.86. The van der Waals surface area contributed by atoms with Gasteiger partial charge in [0.05, 0.1) is 11.3 Å². The van der Waals surface area contributed by atoms with Gasteiger partial charge in [-0.15, -0.1) is 0 Å². The molecule has 0 radical (unpaired) electrons. The van der Waals surface area contributed by atoms with Crippen LogP contribution in [0.25, 0.3) is 0 Å². The molecule has 0 bridgehead atoms. The van der Waals surface area contributed by atoms with E-state index < -0.39 is 0 Å². The topological polar surface area (TPSA) is 62.3 Å². The Bertz CT molecular complexity index is 1010. The van der Waals surface area contributed by atoms with Gasteiger partial charge in [0.2, 0.25) is 5.91 Å². The number of pyridine rings is 1. The van der Waals surface area contributed by atoms with Gasteiger partial charge in [0.25, 0.3) is 5.91 Å². The number of hydrogen-bond acceptors (Lipinski definition) is 4. The summed E-state index contributed by atoms with van der Waals surface area (Å²) in [5, 5.41) is 3.68. The van der Waals surface area contributed by atoms with Crippen LogP contribution in [0, 0.1) is 0 Å². The molecule has 0 aliphatic carbocycles. The van der Waals surface area contributed by atoms with Gasteiger partial charge in [0.15, 0.2) is 0 Å². The quantitative estimate of drug-likeness (QED) is 0.719. The molecule has 2 heterocycles. The summed E-state index contributed by atoms with van der Waals surface area (Å²) < 4.78 is 0. The van der Waals surface area contributed by atoms with E-state index in [4.69, 9.17) is 0 Å². The first-order valence-corrected chi connectivity index (χ1v) is 9.88. The third-order valence-electron chi connectivity index (χ3n) is 4.51. The van der Waals surface area contributed by atoms with Gasteiger partial charge >= 0.3 is 0 Å². The summed E-state index contributed by atoms with van der Waals surface area (Å²) in [6.45, 7) is 0.775. The number of anilines is 1. The van der Waals surface area contributed by atoms with Gasteiger partial charge in [0.1, 0.15) is 5.03 Å². The van der Waals surface area contributed by atoms with E-state index in [1.807, 2.05) is 66.7 Å². The van der Waals surface area contributed by atoms with Crippen LogP contribution in [0.3, 0.4) is 0 Å². The molecule has 4 rings (SSSR count). The van der Waals surface area contributed by atoms with E-state index in [9.17, 15) is 9.59 Å². The van der Waals surface area contributed by atoms with Crippen molar-refractivity contribution in [1.82, 2.24) is 10.3 Å². The summed E-state index contributed by atoms with van der Waals surface area (Å²) in [4.78, 5) is 32.5. The van der Waals surface area contributed by atoms with Crippen LogP contribution in [0.15, 0.2) is 82.8 Å². The molecule has 0 saturated carbocycles. The van der Waals surface area contributed by atoms with Crippen molar-refractivity contribution < 1.29 is 9.59 Å².